The monoisotopic (exact) mass is 347 g/mol. The summed E-state index contributed by atoms with van der Waals surface area (Å²) in [6, 6.07) is 9.03. The lowest BCUT2D eigenvalue weighted by Gasteiger charge is -2.34. The van der Waals surface area contributed by atoms with Gasteiger partial charge in [0.15, 0.2) is 0 Å². The second kappa shape index (κ2) is 9.17. The number of likely N-dealkylation sites (tertiary alicyclic amines) is 1. The van der Waals surface area contributed by atoms with Crippen molar-refractivity contribution in [3.8, 4) is 0 Å². The molecule has 3 amide bonds. The van der Waals surface area contributed by atoms with Gasteiger partial charge in [-0.2, -0.15) is 0 Å². The highest BCUT2D eigenvalue weighted by atomic mass is 16.5. The summed E-state index contributed by atoms with van der Waals surface area (Å²) < 4.78 is 5.00. The molecule has 7 nitrogen and oxygen atoms in total. The summed E-state index contributed by atoms with van der Waals surface area (Å²) >= 11 is 0. The van der Waals surface area contributed by atoms with E-state index in [2.05, 4.69) is 0 Å². The molecule has 136 valence electrons. The van der Waals surface area contributed by atoms with Crippen LogP contribution in [0.15, 0.2) is 30.3 Å². The minimum atomic E-state index is -0.558. The Labute approximate surface area is 147 Å². The summed E-state index contributed by atoms with van der Waals surface area (Å²) in [6.07, 6.45) is 1.45. The zero-order chi connectivity index (χ0) is 18.2. The summed E-state index contributed by atoms with van der Waals surface area (Å²) in [5, 5.41) is 0. The third-order valence-corrected chi connectivity index (χ3v) is 4.30. The maximum absolute atomic E-state index is 12.8. The fourth-order valence-corrected chi connectivity index (χ4v) is 3.04. The molecule has 1 aromatic carbocycles. The van der Waals surface area contributed by atoms with E-state index in [1.807, 2.05) is 18.2 Å². The first-order valence-corrected chi connectivity index (χ1v) is 8.43. The van der Waals surface area contributed by atoms with E-state index in [4.69, 9.17) is 10.5 Å². The maximum atomic E-state index is 12.8. The normalized spacial score (nSPS) is 17.2. The molecule has 1 aliphatic rings. The molecule has 0 aliphatic carbocycles. The van der Waals surface area contributed by atoms with Gasteiger partial charge in [0, 0.05) is 32.3 Å². The topological polar surface area (TPSA) is 92.9 Å². The van der Waals surface area contributed by atoms with Crippen LogP contribution in [0.25, 0.3) is 0 Å². The second-order valence-corrected chi connectivity index (χ2v) is 6.18. The molecule has 0 saturated carbocycles. The maximum Gasteiger partial charge on any atom is 0.253 e. The molecule has 0 radical (unpaired) electrons. The molecule has 1 heterocycles. The minimum absolute atomic E-state index is 0.0727. The van der Waals surface area contributed by atoms with Crippen LogP contribution < -0.4 is 5.73 Å². The van der Waals surface area contributed by atoms with E-state index in [-0.39, 0.29) is 24.3 Å². The van der Waals surface area contributed by atoms with Crippen LogP contribution in [0, 0.1) is 5.92 Å². The highest BCUT2D eigenvalue weighted by Crippen LogP contribution is 2.20. The van der Waals surface area contributed by atoms with E-state index in [1.165, 1.54) is 12.0 Å². The van der Waals surface area contributed by atoms with Crippen LogP contribution in [-0.2, 0) is 14.3 Å². The van der Waals surface area contributed by atoms with Crippen LogP contribution in [0.5, 0.6) is 0 Å². The fraction of sp³-hybridized carbons (Fsp3) is 0.500. The first-order valence-electron chi connectivity index (χ1n) is 8.43. The average Bonchev–Trinajstić information content (AvgIpc) is 2.64. The number of nitrogens with zero attached hydrogens (tertiary/aromatic N) is 2. The van der Waals surface area contributed by atoms with Gasteiger partial charge in [0.25, 0.3) is 5.91 Å². The molecule has 7 heteroatoms. The molecular formula is C18H25N3O4. The zero-order valence-electron chi connectivity index (χ0n) is 14.5. The molecule has 0 aromatic heterocycles. The molecule has 2 N–H and O–H groups in total. The van der Waals surface area contributed by atoms with Gasteiger partial charge in [-0.3, -0.25) is 14.4 Å². The van der Waals surface area contributed by atoms with E-state index in [1.54, 1.807) is 17.0 Å². The number of rotatable bonds is 7. The molecule has 25 heavy (non-hydrogen) atoms. The predicted molar refractivity (Wildman–Crippen MR) is 92.7 cm³/mol. The largest absolute Gasteiger partial charge is 0.383 e. The molecule has 0 bridgehead atoms. The highest BCUT2D eigenvalue weighted by Gasteiger charge is 2.31. The first kappa shape index (κ1) is 18.9. The van der Waals surface area contributed by atoms with Crippen LogP contribution in [-0.4, -0.2) is 67.4 Å². The molecule has 0 spiro atoms. The number of methoxy groups -OCH3 is 1. The van der Waals surface area contributed by atoms with E-state index in [9.17, 15) is 14.4 Å². The van der Waals surface area contributed by atoms with Crippen molar-refractivity contribution in [2.75, 3.05) is 39.9 Å². The van der Waals surface area contributed by atoms with Gasteiger partial charge >= 0.3 is 0 Å². The van der Waals surface area contributed by atoms with Crippen molar-refractivity contribution in [3.05, 3.63) is 35.9 Å². The van der Waals surface area contributed by atoms with Crippen LogP contribution in [0.2, 0.25) is 0 Å². The number of nitrogens with two attached hydrogens (primary N) is 1. The molecule has 2 rings (SSSR count). The number of amides is 3. The number of hydrogen-bond donors (Lipinski definition) is 1. The summed E-state index contributed by atoms with van der Waals surface area (Å²) in [5.74, 6) is -1.10. The second-order valence-electron chi connectivity index (χ2n) is 6.18. The Morgan fingerprint density at radius 1 is 1.28 bits per heavy atom. The standard InChI is InChI=1S/C18H25N3O4/c1-25-11-10-21(13-16(19)22)18(24)15-8-5-9-20(12-15)17(23)14-6-3-2-4-7-14/h2-4,6-7,15H,5,8-13H2,1H3,(H2,19,22)/t15-/m0/s1. The molecule has 1 aromatic rings. The lowest BCUT2D eigenvalue weighted by Crippen LogP contribution is -2.49. The average molecular weight is 347 g/mol. The number of benzene rings is 1. The molecular weight excluding hydrogens is 322 g/mol. The number of primary amides is 1. The van der Waals surface area contributed by atoms with Gasteiger partial charge in [0.05, 0.1) is 19.1 Å². The Balaban J connectivity index is 2.04. The van der Waals surface area contributed by atoms with Crippen molar-refractivity contribution in [1.82, 2.24) is 9.80 Å². The van der Waals surface area contributed by atoms with Crippen molar-refractivity contribution >= 4 is 17.7 Å². The van der Waals surface area contributed by atoms with Crippen molar-refractivity contribution < 1.29 is 19.1 Å². The van der Waals surface area contributed by atoms with Crippen molar-refractivity contribution in [1.29, 1.82) is 0 Å². The molecule has 1 atom stereocenters. The first-order chi connectivity index (χ1) is 12.0. The zero-order valence-corrected chi connectivity index (χ0v) is 14.5. The lowest BCUT2D eigenvalue weighted by atomic mass is 9.95. The van der Waals surface area contributed by atoms with Gasteiger partial charge in [-0.1, -0.05) is 18.2 Å². The fourth-order valence-electron chi connectivity index (χ4n) is 3.04. The number of piperidine rings is 1. The van der Waals surface area contributed by atoms with Crippen molar-refractivity contribution in [2.45, 2.75) is 12.8 Å². The summed E-state index contributed by atoms with van der Waals surface area (Å²) in [6.45, 7) is 1.49. The van der Waals surface area contributed by atoms with Crippen LogP contribution in [0.4, 0.5) is 0 Å². The number of carbonyl (C=O) groups is 3. The SMILES string of the molecule is COCCN(CC(N)=O)C(=O)[C@H]1CCCN(C(=O)c2ccccc2)C1. The van der Waals surface area contributed by atoms with Gasteiger partial charge < -0.3 is 20.3 Å². The summed E-state index contributed by atoms with van der Waals surface area (Å²) in [7, 11) is 1.54. The van der Waals surface area contributed by atoms with Gasteiger partial charge in [0.2, 0.25) is 11.8 Å². The molecule has 1 saturated heterocycles. The number of carbonyl (C=O) groups excluding carboxylic acids is 3. The van der Waals surface area contributed by atoms with E-state index < -0.39 is 5.91 Å². The molecule has 0 unspecified atom stereocenters. The summed E-state index contributed by atoms with van der Waals surface area (Å²) in [5.41, 5.74) is 5.86. The highest BCUT2D eigenvalue weighted by molar-refractivity contribution is 5.94. The van der Waals surface area contributed by atoms with Crippen molar-refractivity contribution in [3.63, 3.8) is 0 Å². The van der Waals surface area contributed by atoms with Gasteiger partial charge in [-0.25, -0.2) is 0 Å². The number of ether oxygens (including phenoxy) is 1. The Hall–Kier alpha value is -2.41. The smallest absolute Gasteiger partial charge is 0.253 e. The van der Waals surface area contributed by atoms with E-state index in [0.717, 1.165) is 6.42 Å². The number of hydrogen-bond acceptors (Lipinski definition) is 4. The predicted octanol–water partition coefficient (Wildman–Crippen LogP) is 0.499. The lowest BCUT2D eigenvalue weighted by molar-refractivity contribution is -0.140. The van der Waals surface area contributed by atoms with Gasteiger partial charge in [-0.05, 0) is 25.0 Å². The third-order valence-electron chi connectivity index (χ3n) is 4.30. The molecule has 1 fully saturated rings. The third kappa shape index (κ3) is 5.29. The van der Waals surface area contributed by atoms with Gasteiger partial charge in [0.1, 0.15) is 0 Å². The Bertz CT molecular complexity index is 606. The van der Waals surface area contributed by atoms with Gasteiger partial charge in [-0.15, -0.1) is 0 Å². The Morgan fingerprint density at radius 3 is 2.64 bits per heavy atom. The van der Waals surface area contributed by atoms with Crippen molar-refractivity contribution in [2.24, 2.45) is 11.7 Å². The summed E-state index contributed by atoms with van der Waals surface area (Å²) in [4.78, 5) is 39.7. The van der Waals surface area contributed by atoms with Crippen LogP contribution in [0.1, 0.15) is 23.2 Å². The minimum Gasteiger partial charge on any atom is -0.383 e. The van der Waals surface area contributed by atoms with Crippen LogP contribution >= 0.6 is 0 Å². The van der Waals surface area contributed by atoms with E-state index in [0.29, 0.717) is 38.2 Å². The van der Waals surface area contributed by atoms with Crippen LogP contribution in [0.3, 0.4) is 0 Å². The molecule has 1 aliphatic heterocycles. The Kier molecular flexibility index (Phi) is 6.94. The Morgan fingerprint density at radius 2 is 2.00 bits per heavy atom. The van der Waals surface area contributed by atoms with E-state index >= 15 is 0 Å². The quantitative estimate of drug-likeness (QED) is 0.777.